The van der Waals surface area contributed by atoms with Gasteiger partial charge in [-0.25, -0.2) is 5.32 Å². The number of nitrogens with zero attached hydrogens (tertiary/aromatic N) is 1. The van der Waals surface area contributed by atoms with Crippen LogP contribution in [-0.2, 0) is 4.74 Å². The van der Waals surface area contributed by atoms with Crippen molar-refractivity contribution in [3.8, 4) is 0 Å². The maximum absolute atomic E-state index is 9.04. The second kappa shape index (κ2) is 3.15. The number of hydrogen-bond acceptors (Lipinski definition) is 2. The molecule has 1 radical (unpaired) electrons. The first-order chi connectivity index (χ1) is 4.30. The summed E-state index contributed by atoms with van der Waals surface area (Å²) >= 11 is 0. The normalized spacial score (nSPS) is 32.0. The highest BCUT2D eigenvalue weighted by molar-refractivity contribution is 4.68. The maximum Gasteiger partial charge on any atom is 0.112 e. The van der Waals surface area contributed by atoms with Gasteiger partial charge < -0.3 is 9.84 Å². The van der Waals surface area contributed by atoms with Crippen molar-refractivity contribution in [2.24, 2.45) is 5.92 Å². The van der Waals surface area contributed by atoms with Crippen molar-refractivity contribution in [2.45, 2.75) is 13.0 Å². The molecule has 0 aromatic carbocycles. The SMILES string of the molecule is CC(O)C1C[N]COC1. The van der Waals surface area contributed by atoms with Crippen molar-refractivity contribution in [1.82, 2.24) is 5.32 Å². The van der Waals surface area contributed by atoms with Crippen molar-refractivity contribution in [3.63, 3.8) is 0 Å². The molecule has 0 aromatic heterocycles. The quantitative estimate of drug-likeness (QED) is 0.523. The monoisotopic (exact) mass is 130 g/mol. The first-order valence-electron chi connectivity index (χ1n) is 3.20. The third kappa shape index (κ3) is 1.93. The van der Waals surface area contributed by atoms with Gasteiger partial charge in [-0.3, -0.25) is 0 Å². The van der Waals surface area contributed by atoms with Crippen LogP contribution in [-0.4, -0.2) is 31.1 Å². The van der Waals surface area contributed by atoms with Gasteiger partial charge in [0.2, 0.25) is 0 Å². The van der Waals surface area contributed by atoms with E-state index in [1.54, 1.807) is 6.92 Å². The fourth-order valence-corrected chi connectivity index (χ4v) is 0.832. The Kier molecular flexibility index (Phi) is 2.45. The Balaban J connectivity index is 2.23. The lowest BCUT2D eigenvalue weighted by atomic mass is 10.1. The molecule has 0 aromatic rings. The molecule has 1 rings (SSSR count). The molecule has 1 aliphatic rings. The Morgan fingerprint density at radius 3 is 2.89 bits per heavy atom. The van der Waals surface area contributed by atoms with Crippen LogP contribution in [0.4, 0.5) is 0 Å². The molecule has 1 N–H and O–H groups in total. The topological polar surface area (TPSA) is 43.6 Å². The highest BCUT2D eigenvalue weighted by Crippen LogP contribution is 2.06. The largest absolute Gasteiger partial charge is 0.393 e. The summed E-state index contributed by atoms with van der Waals surface area (Å²) in [5.41, 5.74) is 0. The van der Waals surface area contributed by atoms with E-state index in [-0.39, 0.29) is 12.0 Å². The highest BCUT2D eigenvalue weighted by Gasteiger charge is 2.18. The molecule has 1 saturated heterocycles. The summed E-state index contributed by atoms with van der Waals surface area (Å²) in [6.45, 7) is 3.68. The van der Waals surface area contributed by atoms with E-state index in [0.29, 0.717) is 13.3 Å². The summed E-state index contributed by atoms with van der Waals surface area (Å²) in [5, 5.41) is 13.0. The number of hydrogen-bond donors (Lipinski definition) is 1. The first-order valence-corrected chi connectivity index (χ1v) is 3.20. The van der Waals surface area contributed by atoms with Gasteiger partial charge in [0, 0.05) is 12.5 Å². The molecule has 2 atom stereocenters. The summed E-state index contributed by atoms with van der Waals surface area (Å²) in [7, 11) is 0. The smallest absolute Gasteiger partial charge is 0.112 e. The van der Waals surface area contributed by atoms with E-state index >= 15 is 0 Å². The van der Waals surface area contributed by atoms with Crippen LogP contribution < -0.4 is 5.32 Å². The van der Waals surface area contributed by atoms with Gasteiger partial charge in [-0.05, 0) is 6.92 Å². The molecule has 0 bridgehead atoms. The van der Waals surface area contributed by atoms with Crippen molar-refractivity contribution in [1.29, 1.82) is 0 Å². The third-order valence-electron chi connectivity index (χ3n) is 1.56. The van der Waals surface area contributed by atoms with Crippen molar-refractivity contribution in [2.75, 3.05) is 19.9 Å². The van der Waals surface area contributed by atoms with Gasteiger partial charge in [-0.15, -0.1) is 0 Å². The van der Waals surface area contributed by atoms with Gasteiger partial charge in [0.05, 0.1) is 12.7 Å². The second-order valence-corrected chi connectivity index (χ2v) is 2.41. The summed E-state index contributed by atoms with van der Waals surface area (Å²) in [6, 6.07) is 0. The summed E-state index contributed by atoms with van der Waals surface area (Å²) in [6.07, 6.45) is -0.283. The molecule has 0 aliphatic carbocycles. The zero-order valence-electron chi connectivity index (χ0n) is 5.58. The summed E-state index contributed by atoms with van der Waals surface area (Å²) in [5.74, 6) is 0.221. The molecule has 0 saturated carbocycles. The molecule has 1 heterocycles. The summed E-state index contributed by atoms with van der Waals surface area (Å²) in [4.78, 5) is 0. The predicted octanol–water partition coefficient (Wildman–Crippen LogP) is -0.425. The zero-order chi connectivity index (χ0) is 6.69. The molecule has 53 valence electrons. The van der Waals surface area contributed by atoms with Gasteiger partial charge in [-0.1, -0.05) is 0 Å². The van der Waals surface area contributed by atoms with E-state index in [1.807, 2.05) is 0 Å². The molecular formula is C6H12NO2. The average molecular weight is 130 g/mol. The van der Waals surface area contributed by atoms with E-state index in [9.17, 15) is 0 Å². The van der Waals surface area contributed by atoms with Crippen LogP contribution in [0.3, 0.4) is 0 Å². The van der Waals surface area contributed by atoms with Crippen molar-refractivity contribution in [3.05, 3.63) is 0 Å². The summed E-state index contributed by atoms with van der Waals surface area (Å²) < 4.78 is 5.02. The van der Waals surface area contributed by atoms with E-state index in [1.165, 1.54) is 0 Å². The van der Waals surface area contributed by atoms with Crippen LogP contribution >= 0.6 is 0 Å². The molecule has 9 heavy (non-hydrogen) atoms. The van der Waals surface area contributed by atoms with E-state index in [4.69, 9.17) is 9.84 Å². The fraction of sp³-hybridized carbons (Fsp3) is 1.00. The maximum atomic E-state index is 9.04. The molecule has 3 heteroatoms. The molecule has 1 aliphatic heterocycles. The Bertz CT molecular complexity index is 79.1. The lowest BCUT2D eigenvalue weighted by molar-refractivity contribution is -0.00727. The zero-order valence-corrected chi connectivity index (χ0v) is 5.58. The first kappa shape index (κ1) is 6.99. The standard InChI is InChI=1S/C6H12NO2/c1-5(8)6-2-7-4-9-3-6/h5-6,8H,2-4H2,1H3. The molecular weight excluding hydrogens is 118 g/mol. The Hall–Kier alpha value is -0.120. The van der Waals surface area contributed by atoms with E-state index < -0.39 is 0 Å². The molecule has 2 unspecified atom stereocenters. The predicted molar refractivity (Wildman–Crippen MR) is 33.0 cm³/mol. The second-order valence-electron chi connectivity index (χ2n) is 2.41. The van der Waals surface area contributed by atoms with Gasteiger partial charge in [-0.2, -0.15) is 0 Å². The lowest BCUT2D eigenvalue weighted by Gasteiger charge is -2.23. The van der Waals surface area contributed by atoms with E-state index in [2.05, 4.69) is 5.32 Å². The Labute approximate surface area is 55.0 Å². The van der Waals surface area contributed by atoms with E-state index in [0.717, 1.165) is 6.54 Å². The van der Waals surface area contributed by atoms with Crippen molar-refractivity contribution >= 4 is 0 Å². The highest BCUT2D eigenvalue weighted by atomic mass is 16.5. The van der Waals surface area contributed by atoms with Gasteiger partial charge in [0.15, 0.2) is 0 Å². The minimum atomic E-state index is -0.283. The lowest BCUT2D eigenvalue weighted by Crippen LogP contribution is -2.36. The van der Waals surface area contributed by atoms with Crippen LogP contribution in [0, 0.1) is 5.92 Å². The van der Waals surface area contributed by atoms with Gasteiger partial charge >= 0.3 is 0 Å². The van der Waals surface area contributed by atoms with Crippen LogP contribution in [0.5, 0.6) is 0 Å². The number of aliphatic hydroxyl groups is 1. The molecule has 0 spiro atoms. The number of rotatable bonds is 1. The number of aliphatic hydroxyl groups excluding tert-OH is 1. The van der Waals surface area contributed by atoms with Crippen LogP contribution in [0.1, 0.15) is 6.92 Å². The van der Waals surface area contributed by atoms with Gasteiger partial charge in [0.1, 0.15) is 6.73 Å². The van der Waals surface area contributed by atoms with Crippen LogP contribution in [0.2, 0.25) is 0 Å². The third-order valence-corrected chi connectivity index (χ3v) is 1.56. The minimum absolute atomic E-state index is 0.221. The molecule has 0 amide bonds. The molecule has 3 nitrogen and oxygen atoms in total. The minimum Gasteiger partial charge on any atom is -0.393 e. The Morgan fingerprint density at radius 1 is 1.78 bits per heavy atom. The molecule has 1 fully saturated rings. The average Bonchev–Trinajstić information content (AvgIpc) is 1.90. The Morgan fingerprint density at radius 2 is 2.56 bits per heavy atom. The van der Waals surface area contributed by atoms with Crippen LogP contribution in [0.25, 0.3) is 0 Å². The van der Waals surface area contributed by atoms with Gasteiger partial charge in [0.25, 0.3) is 0 Å². The van der Waals surface area contributed by atoms with Crippen molar-refractivity contribution < 1.29 is 9.84 Å². The number of ether oxygens (including phenoxy) is 1. The van der Waals surface area contributed by atoms with Crippen LogP contribution in [0.15, 0.2) is 0 Å². The fourth-order valence-electron chi connectivity index (χ4n) is 0.832.